The minimum atomic E-state index is -0.680. The molecule has 2 amide bonds. The highest BCUT2D eigenvalue weighted by molar-refractivity contribution is 5.85. The molecule has 0 radical (unpaired) electrons. The Kier molecular flexibility index (Phi) is 6.04. The predicted molar refractivity (Wildman–Crippen MR) is 66.5 cm³/mol. The number of carbonyl (C=O) groups excluding carboxylic acids is 1. The van der Waals surface area contributed by atoms with Gasteiger partial charge in [0.25, 0.3) is 0 Å². The molecule has 92 valence electrons. The number of rotatable bonds is 3. The van der Waals surface area contributed by atoms with Crippen LogP contribution in [0.1, 0.15) is 0 Å². The monoisotopic (exact) mass is 257 g/mol. The number of primary amides is 1. The Hall–Kier alpha value is -2.35. The van der Waals surface area contributed by atoms with E-state index in [0.29, 0.717) is 11.4 Å². The third-order valence-corrected chi connectivity index (χ3v) is 1.47. The second kappa shape index (κ2) is 7.01. The number of azo groups is 1. The van der Waals surface area contributed by atoms with E-state index in [0.717, 1.165) is 0 Å². The molecule has 0 aliphatic rings. The van der Waals surface area contributed by atoms with Gasteiger partial charge in [-0.3, -0.25) is 16.3 Å². The fraction of sp³-hybridized carbons (Fsp3) is 0. The van der Waals surface area contributed by atoms with Crippen molar-refractivity contribution in [1.29, 1.82) is 5.41 Å². The zero-order valence-corrected chi connectivity index (χ0v) is 9.49. The maximum atomic E-state index is 10.4. The second-order valence-electron chi connectivity index (χ2n) is 2.75. The lowest BCUT2D eigenvalue weighted by atomic mass is 10.3. The van der Waals surface area contributed by atoms with Crippen molar-refractivity contribution in [3.8, 4) is 0 Å². The van der Waals surface area contributed by atoms with Crippen LogP contribution in [0.3, 0.4) is 0 Å². The Balaban J connectivity index is 0.00000256. The van der Waals surface area contributed by atoms with Gasteiger partial charge in [-0.25, -0.2) is 4.79 Å². The highest BCUT2D eigenvalue weighted by Gasteiger charge is 1.94. The molecule has 0 heterocycles. The Morgan fingerprint density at radius 2 is 1.82 bits per heavy atom. The lowest BCUT2D eigenvalue weighted by Crippen LogP contribution is -2.34. The van der Waals surface area contributed by atoms with Crippen molar-refractivity contribution in [1.82, 2.24) is 5.43 Å². The lowest BCUT2D eigenvalue weighted by Gasteiger charge is -2.05. The minimum absolute atomic E-state index is 0. The van der Waals surface area contributed by atoms with Crippen molar-refractivity contribution in [3.05, 3.63) is 24.3 Å². The molecule has 7 N–H and O–H groups in total. The first-order valence-electron chi connectivity index (χ1n) is 4.25. The molecular formula is C8H12ClN7O. The number of carbonyl (C=O) groups is 1. The maximum Gasteiger partial charge on any atom is 0.330 e. The molecule has 0 bridgehead atoms. The Morgan fingerprint density at radius 3 is 2.29 bits per heavy atom. The van der Waals surface area contributed by atoms with Gasteiger partial charge in [0.15, 0.2) is 0 Å². The summed E-state index contributed by atoms with van der Waals surface area (Å²) in [4.78, 5) is 10.4. The third kappa shape index (κ3) is 5.95. The van der Waals surface area contributed by atoms with Gasteiger partial charge in [0, 0.05) is 0 Å². The SMILES string of the molecule is Cl.N=C(N)N=Nc1ccc(NNC(N)=O)cc1. The highest BCUT2D eigenvalue weighted by atomic mass is 35.5. The molecule has 1 aromatic rings. The molecule has 0 aromatic heterocycles. The van der Waals surface area contributed by atoms with E-state index in [1.54, 1.807) is 24.3 Å². The van der Waals surface area contributed by atoms with E-state index >= 15 is 0 Å². The Morgan fingerprint density at radius 1 is 1.24 bits per heavy atom. The molecule has 0 saturated heterocycles. The molecule has 8 nitrogen and oxygen atoms in total. The maximum absolute atomic E-state index is 10.4. The van der Waals surface area contributed by atoms with E-state index in [4.69, 9.17) is 16.9 Å². The van der Waals surface area contributed by atoms with Crippen LogP contribution in [0.5, 0.6) is 0 Å². The first kappa shape index (κ1) is 14.6. The minimum Gasteiger partial charge on any atom is -0.367 e. The van der Waals surface area contributed by atoms with Gasteiger partial charge in [0.2, 0.25) is 5.96 Å². The molecule has 0 saturated carbocycles. The fourth-order valence-electron chi connectivity index (χ4n) is 0.857. The summed E-state index contributed by atoms with van der Waals surface area (Å²) in [5.74, 6) is -0.363. The first-order chi connectivity index (χ1) is 7.58. The van der Waals surface area contributed by atoms with Crippen molar-refractivity contribution in [2.24, 2.45) is 21.7 Å². The molecule has 17 heavy (non-hydrogen) atoms. The van der Waals surface area contributed by atoms with Crippen LogP contribution in [0.15, 0.2) is 34.5 Å². The highest BCUT2D eigenvalue weighted by Crippen LogP contribution is 2.15. The van der Waals surface area contributed by atoms with Crippen LogP contribution in [-0.2, 0) is 0 Å². The zero-order chi connectivity index (χ0) is 12.0. The number of hydrazine groups is 1. The third-order valence-electron chi connectivity index (χ3n) is 1.47. The average molecular weight is 258 g/mol. The van der Waals surface area contributed by atoms with Crippen LogP contribution in [0.2, 0.25) is 0 Å². The number of anilines is 1. The van der Waals surface area contributed by atoms with Crippen LogP contribution in [0, 0.1) is 5.41 Å². The van der Waals surface area contributed by atoms with Crippen LogP contribution in [0.25, 0.3) is 0 Å². The van der Waals surface area contributed by atoms with Gasteiger partial charge in [-0.2, -0.15) is 0 Å². The summed E-state index contributed by atoms with van der Waals surface area (Å²) in [5.41, 5.74) is 15.8. The van der Waals surface area contributed by atoms with Crippen molar-refractivity contribution in [3.63, 3.8) is 0 Å². The number of nitrogens with zero attached hydrogens (tertiary/aromatic N) is 2. The average Bonchev–Trinajstić information content (AvgIpc) is 2.25. The largest absolute Gasteiger partial charge is 0.367 e. The van der Waals surface area contributed by atoms with Crippen LogP contribution < -0.4 is 22.3 Å². The van der Waals surface area contributed by atoms with Crippen LogP contribution in [0.4, 0.5) is 16.2 Å². The number of nitrogens with two attached hydrogens (primary N) is 2. The quantitative estimate of drug-likeness (QED) is 0.239. The molecule has 0 spiro atoms. The van der Waals surface area contributed by atoms with Crippen LogP contribution >= 0.6 is 12.4 Å². The molecule has 1 rings (SSSR count). The lowest BCUT2D eigenvalue weighted by molar-refractivity contribution is 0.250. The van der Waals surface area contributed by atoms with E-state index in [2.05, 4.69) is 21.1 Å². The number of guanidine groups is 1. The number of hydrogen-bond acceptors (Lipinski definition) is 4. The normalized spacial score (nSPS) is 9.41. The summed E-state index contributed by atoms with van der Waals surface area (Å²) >= 11 is 0. The van der Waals surface area contributed by atoms with Gasteiger partial charge in [0.05, 0.1) is 11.4 Å². The Bertz CT molecular complexity index is 416. The van der Waals surface area contributed by atoms with Gasteiger partial charge >= 0.3 is 6.03 Å². The number of urea groups is 1. The molecule has 1 aromatic carbocycles. The molecule has 0 aliphatic heterocycles. The first-order valence-corrected chi connectivity index (χ1v) is 4.25. The van der Waals surface area contributed by atoms with Gasteiger partial charge < -0.3 is 11.5 Å². The van der Waals surface area contributed by atoms with Crippen molar-refractivity contribution in [2.45, 2.75) is 0 Å². The number of benzene rings is 1. The van der Waals surface area contributed by atoms with Gasteiger partial charge in [0.1, 0.15) is 0 Å². The number of nitrogens with one attached hydrogen (secondary N) is 3. The smallest absolute Gasteiger partial charge is 0.330 e. The van der Waals surface area contributed by atoms with E-state index in [9.17, 15) is 4.79 Å². The number of amides is 2. The summed E-state index contributed by atoms with van der Waals surface area (Å²) in [6.07, 6.45) is 0. The van der Waals surface area contributed by atoms with Gasteiger partial charge in [-0.05, 0) is 24.3 Å². The molecule has 9 heteroatoms. The molecule has 0 aliphatic carbocycles. The summed E-state index contributed by atoms with van der Waals surface area (Å²) in [6.45, 7) is 0. The molecule has 0 atom stereocenters. The van der Waals surface area contributed by atoms with E-state index < -0.39 is 6.03 Å². The van der Waals surface area contributed by atoms with E-state index in [1.807, 2.05) is 0 Å². The summed E-state index contributed by atoms with van der Waals surface area (Å²) < 4.78 is 0. The van der Waals surface area contributed by atoms with Gasteiger partial charge in [-0.15, -0.1) is 22.6 Å². The van der Waals surface area contributed by atoms with E-state index in [-0.39, 0.29) is 18.4 Å². The summed E-state index contributed by atoms with van der Waals surface area (Å²) in [7, 11) is 0. The van der Waals surface area contributed by atoms with Crippen LogP contribution in [-0.4, -0.2) is 12.0 Å². The predicted octanol–water partition coefficient (Wildman–Crippen LogP) is 1.08. The van der Waals surface area contributed by atoms with Gasteiger partial charge in [-0.1, -0.05) is 0 Å². The molecule has 0 fully saturated rings. The Labute approximate surface area is 103 Å². The number of hydrogen-bond donors (Lipinski definition) is 5. The molecular weight excluding hydrogens is 246 g/mol. The second-order valence-corrected chi connectivity index (χ2v) is 2.75. The number of halogens is 1. The molecule has 0 unspecified atom stereocenters. The van der Waals surface area contributed by atoms with Crippen molar-refractivity contribution >= 4 is 35.8 Å². The fourth-order valence-corrected chi connectivity index (χ4v) is 0.857. The topological polar surface area (TPSA) is 142 Å². The summed E-state index contributed by atoms with van der Waals surface area (Å²) in [6, 6.07) is 5.91. The van der Waals surface area contributed by atoms with Crippen molar-refractivity contribution in [2.75, 3.05) is 5.43 Å². The van der Waals surface area contributed by atoms with Crippen molar-refractivity contribution < 1.29 is 4.79 Å². The standard InChI is InChI=1S/C8H11N7O.ClH/c9-7(10)14-12-5-1-3-6(4-2-5)13-15-8(11)16;/h1-4,13H,(H3,9,10)(H3,11,15,16);1H. The summed E-state index contributed by atoms with van der Waals surface area (Å²) in [5, 5.41) is 13.9. The van der Waals surface area contributed by atoms with E-state index in [1.165, 1.54) is 0 Å². The zero-order valence-electron chi connectivity index (χ0n) is 8.68.